The Balaban J connectivity index is 1.94. The molecule has 1 amide bonds. The second-order valence-corrected chi connectivity index (χ2v) is 7.91. The lowest BCUT2D eigenvalue weighted by molar-refractivity contribution is -0.132. The fourth-order valence-corrected chi connectivity index (χ4v) is 3.76. The van der Waals surface area contributed by atoms with E-state index in [4.69, 9.17) is 4.42 Å². The maximum absolute atomic E-state index is 13.4. The van der Waals surface area contributed by atoms with Gasteiger partial charge in [0.2, 0.25) is 0 Å². The fraction of sp³-hybridized carbons (Fsp3) is 0.130. The molecule has 7 heteroatoms. The van der Waals surface area contributed by atoms with E-state index in [0.717, 1.165) is 10.0 Å². The van der Waals surface area contributed by atoms with E-state index in [1.807, 2.05) is 6.92 Å². The van der Waals surface area contributed by atoms with Crippen LogP contribution in [0.4, 0.5) is 10.1 Å². The van der Waals surface area contributed by atoms with Gasteiger partial charge >= 0.3 is 0 Å². The average molecular weight is 470 g/mol. The van der Waals surface area contributed by atoms with Crippen LogP contribution >= 0.6 is 15.9 Å². The summed E-state index contributed by atoms with van der Waals surface area (Å²) >= 11 is 3.41. The van der Waals surface area contributed by atoms with Crippen LogP contribution in [0.2, 0.25) is 0 Å². The zero-order valence-electron chi connectivity index (χ0n) is 16.1. The number of nitrogens with zero attached hydrogens (tertiary/aromatic N) is 1. The van der Waals surface area contributed by atoms with Gasteiger partial charge in [0.25, 0.3) is 11.7 Å². The number of carbonyl (C=O) groups excluding carboxylic acids is 2. The molecule has 0 aliphatic carbocycles. The van der Waals surface area contributed by atoms with Crippen molar-refractivity contribution in [2.75, 3.05) is 4.90 Å². The van der Waals surface area contributed by atoms with Crippen molar-refractivity contribution in [2.45, 2.75) is 19.9 Å². The number of hydrogen-bond acceptors (Lipinski definition) is 4. The van der Waals surface area contributed by atoms with Gasteiger partial charge in [-0.3, -0.25) is 14.5 Å². The van der Waals surface area contributed by atoms with Gasteiger partial charge in [-0.1, -0.05) is 22.0 Å². The van der Waals surface area contributed by atoms with E-state index in [0.29, 0.717) is 22.8 Å². The predicted molar refractivity (Wildman–Crippen MR) is 114 cm³/mol. The Morgan fingerprint density at radius 1 is 1.07 bits per heavy atom. The van der Waals surface area contributed by atoms with Gasteiger partial charge in [0.05, 0.1) is 5.57 Å². The summed E-state index contributed by atoms with van der Waals surface area (Å²) in [5.74, 6) is -1.51. The lowest BCUT2D eigenvalue weighted by atomic mass is 9.98. The Morgan fingerprint density at radius 3 is 2.37 bits per heavy atom. The zero-order chi connectivity index (χ0) is 21.6. The summed E-state index contributed by atoms with van der Waals surface area (Å²) in [5.41, 5.74) is 1.50. The second-order valence-electron chi connectivity index (χ2n) is 7.06. The van der Waals surface area contributed by atoms with Crippen LogP contribution < -0.4 is 4.90 Å². The number of furan rings is 1. The molecule has 152 valence electrons. The first kappa shape index (κ1) is 20.1. The quantitative estimate of drug-likeness (QED) is 0.315. The van der Waals surface area contributed by atoms with E-state index < -0.39 is 23.5 Å². The molecule has 4 rings (SSSR count). The van der Waals surface area contributed by atoms with Gasteiger partial charge in [-0.15, -0.1) is 0 Å². The predicted octanol–water partition coefficient (Wildman–Crippen LogP) is 5.42. The number of anilines is 1. The molecule has 1 aromatic heterocycles. The number of carbonyl (C=O) groups is 2. The maximum Gasteiger partial charge on any atom is 0.300 e. The van der Waals surface area contributed by atoms with Crippen LogP contribution in [-0.4, -0.2) is 16.8 Å². The molecule has 0 saturated carbocycles. The summed E-state index contributed by atoms with van der Waals surface area (Å²) in [5, 5.41) is 11.0. The largest absolute Gasteiger partial charge is 0.507 e. The molecule has 1 fully saturated rings. The molecule has 0 bridgehead atoms. The number of aryl methyl sites for hydroxylation is 2. The van der Waals surface area contributed by atoms with Gasteiger partial charge in [-0.25, -0.2) is 4.39 Å². The van der Waals surface area contributed by atoms with Crippen molar-refractivity contribution in [3.8, 4) is 0 Å². The monoisotopic (exact) mass is 469 g/mol. The Morgan fingerprint density at radius 2 is 1.77 bits per heavy atom. The van der Waals surface area contributed by atoms with E-state index in [1.165, 1.54) is 29.2 Å². The van der Waals surface area contributed by atoms with Crippen molar-refractivity contribution in [3.63, 3.8) is 0 Å². The smallest absolute Gasteiger partial charge is 0.300 e. The van der Waals surface area contributed by atoms with E-state index in [1.54, 1.807) is 37.3 Å². The van der Waals surface area contributed by atoms with Crippen LogP contribution in [0.5, 0.6) is 0 Å². The van der Waals surface area contributed by atoms with Crippen molar-refractivity contribution < 1.29 is 23.5 Å². The third-order valence-electron chi connectivity index (χ3n) is 5.01. The first-order valence-electron chi connectivity index (χ1n) is 9.17. The molecule has 5 nitrogen and oxygen atoms in total. The molecule has 1 unspecified atom stereocenters. The molecule has 1 N–H and O–H groups in total. The van der Waals surface area contributed by atoms with E-state index in [-0.39, 0.29) is 11.3 Å². The highest BCUT2D eigenvalue weighted by molar-refractivity contribution is 9.10. The SMILES string of the molecule is Cc1ccc(C2/C(=C(/O)c3ccc(Br)c(C)c3)C(=O)C(=O)N2c2ccc(F)cc2)o1. The normalized spacial score (nSPS) is 18.3. The highest BCUT2D eigenvalue weighted by atomic mass is 79.9. The average Bonchev–Trinajstić information content (AvgIpc) is 3.26. The van der Waals surface area contributed by atoms with E-state index >= 15 is 0 Å². The number of hydrogen-bond donors (Lipinski definition) is 1. The van der Waals surface area contributed by atoms with Crippen molar-refractivity contribution in [3.05, 3.63) is 93.1 Å². The first-order valence-corrected chi connectivity index (χ1v) is 9.96. The number of ketones is 1. The van der Waals surface area contributed by atoms with Crippen LogP contribution in [0.15, 0.2) is 69.1 Å². The van der Waals surface area contributed by atoms with Crippen LogP contribution in [0.25, 0.3) is 5.76 Å². The number of halogens is 2. The number of rotatable bonds is 3. The molecule has 3 aromatic rings. The van der Waals surface area contributed by atoms with Gasteiger partial charge in [0.1, 0.15) is 29.1 Å². The molecular weight excluding hydrogens is 453 g/mol. The minimum atomic E-state index is -0.979. The number of aliphatic hydroxyl groups is 1. The summed E-state index contributed by atoms with van der Waals surface area (Å²) in [6.45, 7) is 3.59. The lowest BCUT2D eigenvalue weighted by Crippen LogP contribution is -2.29. The van der Waals surface area contributed by atoms with Crippen LogP contribution in [0.3, 0.4) is 0 Å². The molecule has 1 aliphatic heterocycles. The molecule has 1 aliphatic rings. The lowest BCUT2D eigenvalue weighted by Gasteiger charge is -2.23. The molecule has 30 heavy (non-hydrogen) atoms. The number of benzene rings is 2. The topological polar surface area (TPSA) is 70.8 Å². The minimum Gasteiger partial charge on any atom is -0.507 e. The molecule has 2 aromatic carbocycles. The highest BCUT2D eigenvalue weighted by Gasteiger charge is 2.48. The third kappa shape index (κ3) is 3.35. The Bertz CT molecular complexity index is 1200. The Hall–Kier alpha value is -3.19. The standard InChI is InChI=1S/C23H17BrFNO4/c1-12-11-14(4-9-17(12)24)21(27)19-20(18-10-3-13(2)30-18)26(23(29)22(19)28)16-7-5-15(25)6-8-16/h3-11,20,27H,1-2H3/b21-19-. The fourth-order valence-electron chi connectivity index (χ4n) is 3.52. The van der Waals surface area contributed by atoms with Crippen molar-refractivity contribution in [2.24, 2.45) is 0 Å². The van der Waals surface area contributed by atoms with Gasteiger partial charge in [-0.05, 0) is 67.9 Å². The zero-order valence-corrected chi connectivity index (χ0v) is 17.7. The summed E-state index contributed by atoms with van der Waals surface area (Å²) < 4.78 is 20.0. The van der Waals surface area contributed by atoms with Gasteiger partial charge in [0, 0.05) is 15.7 Å². The second kappa shape index (κ2) is 7.57. The van der Waals surface area contributed by atoms with Gasteiger partial charge < -0.3 is 9.52 Å². The maximum atomic E-state index is 13.4. The van der Waals surface area contributed by atoms with Crippen LogP contribution in [-0.2, 0) is 9.59 Å². The summed E-state index contributed by atoms with van der Waals surface area (Å²) in [7, 11) is 0. The molecule has 1 saturated heterocycles. The van der Waals surface area contributed by atoms with Gasteiger partial charge in [-0.2, -0.15) is 0 Å². The number of Topliss-reactive ketones (excluding diaryl/α,β-unsaturated/α-hetero) is 1. The van der Waals surface area contributed by atoms with E-state index in [9.17, 15) is 19.1 Å². The Kier molecular flexibility index (Phi) is 5.07. The number of amides is 1. The van der Waals surface area contributed by atoms with Crippen LogP contribution in [0, 0.1) is 19.7 Å². The molecule has 0 spiro atoms. The Labute approximate surface area is 180 Å². The van der Waals surface area contributed by atoms with Gasteiger partial charge in [0.15, 0.2) is 0 Å². The highest BCUT2D eigenvalue weighted by Crippen LogP contribution is 2.42. The van der Waals surface area contributed by atoms with Crippen LogP contribution in [0.1, 0.15) is 28.7 Å². The van der Waals surface area contributed by atoms with Crippen molar-refractivity contribution >= 4 is 39.1 Å². The minimum absolute atomic E-state index is 0.0830. The molecular formula is C23H17BrFNO4. The summed E-state index contributed by atoms with van der Waals surface area (Å²) in [4.78, 5) is 27.1. The first-order chi connectivity index (χ1) is 14.3. The molecule has 0 radical (unpaired) electrons. The van der Waals surface area contributed by atoms with E-state index in [2.05, 4.69) is 15.9 Å². The van der Waals surface area contributed by atoms with Crippen molar-refractivity contribution in [1.82, 2.24) is 0 Å². The van der Waals surface area contributed by atoms with Crippen molar-refractivity contribution in [1.29, 1.82) is 0 Å². The summed E-state index contributed by atoms with van der Waals surface area (Å²) in [6.07, 6.45) is 0. The number of aliphatic hydroxyl groups excluding tert-OH is 1. The molecule has 2 heterocycles. The summed E-state index contributed by atoms with van der Waals surface area (Å²) in [6, 6.07) is 12.7. The third-order valence-corrected chi connectivity index (χ3v) is 5.90. The molecule has 1 atom stereocenters.